The second kappa shape index (κ2) is 4.97. The highest BCUT2D eigenvalue weighted by atomic mass is 16.5. The van der Waals surface area contributed by atoms with Gasteiger partial charge < -0.3 is 4.74 Å². The molecule has 0 aromatic heterocycles. The van der Waals surface area contributed by atoms with E-state index in [0.717, 1.165) is 5.75 Å². The third-order valence-corrected chi connectivity index (χ3v) is 4.91. The van der Waals surface area contributed by atoms with E-state index in [4.69, 9.17) is 4.74 Å². The minimum atomic E-state index is 0.896. The van der Waals surface area contributed by atoms with E-state index in [2.05, 4.69) is 72.8 Å². The third-order valence-electron chi connectivity index (χ3n) is 4.91. The minimum Gasteiger partial charge on any atom is -0.497 e. The van der Waals surface area contributed by atoms with Crippen LogP contribution in [0.5, 0.6) is 5.75 Å². The predicted molar refractivity (Wildman–Crippen MR) is 103 cm³/mol. The van der Waals surface area contributed by atoms with Crippen LogP contribution in [-0.4, -0.2) is 7.11 Å². The van der Waals surface area contributed by atoms with E-state index < -0.39 is 0 Å². The van der Waals surface area contributed by atoms with Crippen LogP contribution in [0.3, 0.4) is 0 Å². The molecule has 0 aliphatic rings. The highest BCUT2D eigenvalue weighted by Gasteiger charge is 2.06. The van der Waals surface area contributed by atoms with E-state index >= 15 is 0 Å². The van der Waals surface area contributed by atoms with E-state index in [-0.39, 0.29) is 0 Å². The standard InChI is InChI=1S/C23H16O/c1-24-19-11-10-16-7-9-18-12-17-8-6-15-4-2-3-5-20(15)22(17)14-23(18)21(16)13-19/h2-14H,1H3. The normalized spacial score (nSPS) is 11.5. The summed E-state index contributed by atoms with van der Waals surface area (Å²) in [6.45, 7) is 0. The molecule has 0 heterocycles. The lowest BCUT2D eigenvalue weighted by Gasteiger charge is -2.10. The highest BCUT2D eigenvalue weighted by Crippen LogP contribution is 2.34. The maximum Gasteiger partial charge on any atom is 0.119 e. The molecule has 1 nitrogen and oxygen atoms in total. The molecule has 0 radical (unpaired) electrons. The number of methoxy groups -OCH3 is 1. The first kappa shape index (κ1) is 13.4. The summed E-state index contributed by atoms with van der Waals surface area (Å²) in [5, 5.41) is 10.2. The molecule has 5 aromatic carbocycles. The fraction of sp³-hybridized carbons (Fsp3) is 0.0435. The van der Waals surface area contributed by atoms with Crippen molar-refractivity contribution in [1.29, 1.82) is 0 Å². The molecule has 0 saturated heterocycles. The monoisotopic (exact) mass is 308 g/mol. The lowest BCUT2D eigenvalue weighted by atomic mass is 9.95. The number of hydrogen-bond donors (Lipinski definition) is 0. The summed E-state index contributed by atoms with van der Waals surface area (Å²) in [5.41, 5.74) is 0. The lowest BCUT2D eigenvalue weighted by molar-refractivity contribution is 0.415. The Hall–Kier alpha value is -3.06. The van der Waals surface area contributed by atoms with Gasteiger partial charge in [0.05, 0.1) is 7.11 Å². The second-order valence-electron chi connectivity index (χ2n) is 6.23. The SMILES string of the molecule is COc1ccc2ccc3cc4ccc5ccccc5c4cc3c2c1. The number of benzene rings is 5. The van der Waals surface area contributed by atoms with Crippen LogP contribution in [0.2, 0.25) is 0 Å². The van der Waals surface area contributed by atoms with Crippen molar-refractivity contribution in [2.75, 3.05) is 7.11 Å². The van der Waals surface area contributed by atoms with E-state index in [1.807, 2.05) is 6.07 Å². The van der Waals surface area contributed by atoms with E-state index in [9.17, 15) is 0 Å². The number of hydrogen-bond acceptors (Lipinski definition) is 1. The first-order chi connectivity index (χ1) is 11.8. The molecule has 0 bridgehead atoms. The van der Waals surface area contributed by atoms with Gasteiger partial charge in [-0.25, -0.2) is 0 Å². The molecule has 0 saturated carbocycles. The Kier molecular flexibility index (Phi) is 2.77. The maximum absolute atomic E-state index is 5.43. The zero-order valence-electron chi connectivity index (χ0n) is 13.4. The fourth-order valence-electron chi connectivity index (χ4n) is 3.66. The summed E-state index contributed by atoms with van der Waals surface area (Å²) in [5.74, 6) is 0.896. The molecule has 24 heavy (non-hydrogen) atoms. The summed E-state index contributed by atoms with van der Waals surface area (Å²) in [7, 11) is 1.72. The van der Waals surface area contributed by atoms with Crippen molar-refractivity contribution in [2.24, 2.45) is 0 Å². The molecule has 0 aliphatic carbocycles. The van der Waals surface area contributed by atoms with Gasteiger partial charge in [0.1, 0.15) is 5.75 Å². The van der Waals surface area contributed by atoms with Crippen LogP contribution in [0.15, 0.2) is 78.9 Å². The largest absolute Gasteiger partial charge is 0.497 e. The molecule has 5 rings (SSSR count). The summed E-state index contributed by atoms with van der Waals surface area (Å²) < 4.78 is 5.43. The van der Waals surface area contributed by atoms with Crippen LogP contribution >= 0.6 is 0 Å². The Morgan fingerprint density at radius 2 is 1.08 bits per heavy atom. The average Bonchev–Trinajstić information content (AvgIpc) is 2.66. The molecule has 0 unspecified atom stereocenters. The van der Waals surface area contributed by atoms with Gasteiger partial charge in [-0.3, -0.25) is 0 Å². The lowest BCUT2D eigenvalue weighted by Crippen LogP contribution is -1.85. The first-order valence-electron chi connectivity index (χ1n) is 8.15. The van der Waals surface area contributed by atoms with Gasteiger partial charge in [-0.2, -0.15) is 0 Å². The van der Waals surface area contributed by atoms with E-state index in [0.29, 0.717) is 0 Å². The molecule has 0 N–H and O–H groups in total. The first-order valence-corrected chi connectivity index (χ1v) is 8.15. The molecular formula is C23H16O. The van der Waals surface area contributed by atoms with Gasteiger partial charge in [0.25, 0.3) is 0 Å². The molecular weight excluding hydrogens is 292 g/mol. The summed E-state index contributed by atoms with van der Waals surface area (Å²) in [6.07, 6.45) is 0. The van der Waals surface area contributed by atoms with Gasteiger partial charge in [-0.15, -0.1) is 0 Å². The van der Waals surface area contributed by atoms with Gasteiger partial charge in [-0.1, -0.05) is 54.6 Å². The van der Waals surface area contributed by atoms with Crippen molar-refractivity contribution in [3.05, 3.63) is 78.9 Å². The quantitative estimate of drug-likeness (QED) is 0.260. The van der Waals surface area contributed by atoms with Crippen molar-refractivity contribution in [1.82, 2.24) is 0 Å². The van der Waals surface area contributed by atoms with Crippen LogP contribution in [0.4, 0.5) is 0 Å². The average molecular weight is 308 g/mol. The van der Waals surface area contributed by atoms with Crippen LogP contribution in [0.1, 0.15) is 0 Å². The molecule has 0 aliphatic heterocycles. The van der Waals surface area contributed by atoms with Crippen molar-refractivity contribution in [3.63, 3.8) is 0 Å². The van der Waals surface area contributed by atoms with Gasteiger partial charge in [0, 0.05) is 0 Å². The summed E-state index contributed by atoms with van der Waals surface area (Å²) in [4.78, 5) is 0. The van der Waals surface area contributed by atoms with Gasteiger partial charge in [0.2, 0.25) is 0 Å². The van der Waals surface area contributed by atoms with Crippen molar-refractivity contribution < 1.29 is 4.74 Å². The Morgan fingerprint density at radius 1 is 0.500 bits per heavy atom. The zero-order chi connectivity index (χ0) is 16.1. The topological polar surface area (TPSA) is 9.23 Å². The molecule has 0 amide bonds. The van der Waals surface area contributed by atoms with Crippen molar-refractivity contribution >= 4 is 43.1 Å². The molecule has 0 spiro atoms. The number of fused-ring (bicyclic) bond motifs is 6. The summed E-state index contributed by atoms with van der Waals surface area (Å²) >= 11 is 0. The van der Waals surface area contributed by atoms with E-state index in [1.54, 1.807) is 7.11 Å². The Labute approximate surface area is 140 Å². The second-order valence-corrected chi connectivity index (χ2v) is 6.23. The van der Waals surface area contributed by atoms with Gasteiger partial charge >= 0.3 is 0 Å². The Bertz CT molecular complexity index is 1230. The molecule has 0 fully saturated rings. The Balaban J connectivity index is 1.99. The van der Waals surface area contributed by atoms with Crippen LogP contribution in [-0.2, 0) is 0 Å². The molecule has 114 valence electrons. The van der Waals surface area contributed by atoms with Crippen LogP contribution in [0.25, 0.3) is 43.1 Å². The van der Waals surface area contributed by atoms with E-state index in [1.165, 1.54) is 43.1 Å². The van der Waals surface area contributed by atoms with Gasteiger partial charge in [0.15, 0.2) is 0 Å². The fourth-order valence-corrected chi connectivity index (χ4v) is 3.66. The van der Waals surface area contributed by atoms with Gasteiger partial charge in [-0.05, 0) is 67.4 Å². The zero-order valence-corrected chi connectivity index (χ0v) is 13.4. The Morgan fingerprint density at radius 3 is 1.88 bits per heavy atom. The minimum absolute atomic E-state index is 0.896. The molecule has 1 heteroatoms. The third kappa shape index (κ3) is 1.88. The smallest absolute Gasteiger partial charge is 0.119 e. The van der Waals surface area contributed by atoms with Crippen molar-refractivity contribution in [3.8, 4) is 5.75 Å². The maximum atomic E-state index is 5.43. The van der Waals surface area contributed by atoms with Crippen LogP contribution < -0.4 is 4.74 Å². The number of rotatable bonds is 1. The summed E-state index contributed by atoms with van der Waals surface area (Å²) in [6, 6.07) is 28.3. The highest BCUT2D eigenvalue weighted by molar-refractivity contribution is 6.17. The molecule has 5 aromatic rings. The predicted octanol–water partition coefficient (Wildman–Crippen LogP) is 6.31. The molecule has 0 atom stereocenters. The number of ether oxygens (including phenoxy) is 1. The van der Waals surface area contributed by atoms with Crippen LogP contribution in [0, 0.1) is 0 Å². The van der Waals surface area contributed by atoms with Crippen molar-refractivity contribution in [2.45, 2.75) is 0 Å².